The van der Waals surface area contributed by atoms with Crippen LogP contribution in [0.5, 0.6) is 0 Å². The Hall–Kier alpha value is -2.48. The molecule has 1 unspecified atom stereocenters. The van der Waals surface area contributed by atoms with Crippen molar-refractivity contribution in [3.8, 4) is 0 Å². The molecule has 0 radical (unpaired) electrons. The van der Waals surface area contributed by atoms with E-state index < -0.39 is 33.3 Å². The third-order valence-corrected chi connectivity index (χ3v) is 4.94. The summed E-state index contributed by atoms with van der Waals surface area (Å²) in [6.07, 6.45) is 0.720. The van der Waals surface area contributed by atoms with E-state index in [2.05, 4.69) is 5.32 Å². The molecule has 0 saturated carbocycles. The predicted octanol–water partition coefficient (Wildman–Crippen LogP) is 3.29. The number of para-hydroxylation sites is 1. The van der Waals surface area contributed by atoms with Crippen LogP contribution in [-0.2, 0) is 10.0 Å². The quantitative estimate of drug-likeness (QED) is 0.822. The van der Waals surface area contributed by atoms with Gasteiger partial charge in [-0.2, -0.15) is 0 Å². The number of benzene rings is 2. The van der Waals surface area contributed by atoms with Crippen LogP contribution in [0.15, 0.2) is 47.4 Å². The lowest BCUT2D eigenvalue weighted by Crippen LogP contribution is -2.32. The van der Waals surface area contributed by atoms with Gasteiger partial charge in [0.25, 0.3) is 15.9 Å². The van der Waals surface area contributed by atoms with Crippen molar-refractivity contribution in [2.24, 2.45) is 0 Å². The minimum absolute atomic E-state index is 0.0709. The molecule has 0 heterocycles. The summed E-state index contributed by atoms with van der Waals surface area (Å²) < 4.78 is 54.0. The Labute approximate surface area is 145 Å². The van der Waals surface area contributed by atoms with Crippen LogP contribution in [0.2, 0.25) is 0 Å². The normalized spacial score (nSPS) is 12.5. The molecule has 2 N–H and O–H groups in total. The molecule has 0 spiro atoms. The SMILES string of the molecule is CCC(C)NC(=O)c1cccc(S(=O)(=O)Nc2c(F)cccc2F)c1. The van der Waals surface area contributed by atoms with Crippen molar-refractivity contribution >= 4 is 21.6 Å². The molecule has 0 aromatic heterocycles. The first-order valence-corrected chi connectivity index (χ1v) is 9.10. The van der Waals surface area contributed by atoms with Crippen molar-refractivity contribution in [2.45, 2.75) is 31.2 Å². The fraction of sp³-hybridized carbons (Fsp3) is 0.235. The van der Waals surface area contributed by atoms with Gasteiger partial charge in [0.15, 0.2) is 0 Å². The molecule has 8 heteroatoms. The van der Waals surface area contributed by atoms with Crippen LogP contribution in [0.25, 0.3) is 0 Å². The molecule has 2 aromatic rings. The lowest BCUT2D eigenvalue weighted by molar-refractivity contribution is 0.0939. The van der Waals surface area contributed by atoms with E-state index in [1.807, 2.05) is 18.6 Å². The van der Waals surface area contributed by atoms with Gasteiger partial charge in [0.2, 0.25) is 0 Å². The van der Waals surface area contributed by atoms with Crippen LogP contribution < -0.4 is 10.0 Å². The van der Waals surface area contributed by atoms with E-state index in [1.165, 1.54) is 18.2 Å². The Morgan fingerprint density at radius 2 is 1.72 bits per heavy atom. The molecule has 0 aliphatic rings. The van der Waals surface area contributed by atoms with E-state index in [9.17, 15) is 22.0 Å². The second-order valence-corrected chi connectivity index (χ2v) is 7.20. The first kappa shape index (κ1) is 18.9. The van der Waals surface area contributed by atoms with Gasteiger partial charge >= 0.3 is 0 Å². The maximum absolute atomic E-state index is 13.7. The number of hydrogen-bond donors (Lipinski definition) is 2. The van der Waals surface area contributed by atoms with Gasteiger partial charge in [0.1, 0.15) is 17.3 Å². The van der Waals surface area contributed by atoms with Crippen molar-refractivity contribution < 1.29 is 22.0 Å². The Morgan fingerprint density at radius 3 is 2.32 bits per heavy atom. The Kier molecular flexibility index (Phi) is 5.73. The molecule has 0 aliphatic heterocycles. The molecule has 5 nitrogen and oxygen atoms in total. The van der Waals surface area contributed by atoms with Crippen molar-refractivity contribution in [3.05, 3.63) is 59.7 Å². The number of nitrogens with one attached hydrogen (secondary N) is 2. The molecular formula is C17H18F2N2O3S. The molecule has 0 saturated heterocycles. The van der Waals surface area contributed by atoms with Crippen LogP contribution in [0.4, 0.5) is 14.5 Å². The first-order chi connectivity index (χ1) is 11.7. The number of amides is 1. The monoisotopic (exact) mass is 368 g/mol. The fourth-order valence-corrected chi connectivity index (χ4v) is 3.12. The largest absolute Gasteiger partial charge is 0.350 e. The van der Waals surface area contributed by atoms with Gasteiger partial charge in [-0.15, -0.1) is 0 Å². The summed E-state index contributed by atoms with van der Waals surface area (Å²) in [7, 11) is -4.26. The molecule has 0 bridgehead atoms. The number of anilines is 1. The van der Waals surface area contributed by atoms with Gasteiger partial charge < -0.3 is 5.32 Å². The zero-order valence-electron chi connectivity index (χ0n) is 13.7. The zero-order valence-corrected chi connectivity index (χ0v) is 14.5. The van der Waals surface area contributed by atoms with Gasteiger partial charge in [-0.25, -0.2) is 17.2 Å². The van der Waals surface area contributed by atoms with Crippen LogP contribution in [0.1, 0.15) is 30.6 Å². The highest BCUT2D eigenvalue weighted by Gasteiger charge is 2.20. The molecule has 2 aromatic carbocycles. The number of carbonyl (C=O) groups excluding carboxylic acids is 1. The van der Waals surface area contributed by atoms with E-state index in [1.54, 1.807) is 0 Å². The zero-order chi connectivity index (χ0) is 18.6. The van der Waals surface area contributed by atoms with E-state index >= 15 is 0 Å². The van der Waals surface area contributed by atoms with E-state index in [-0.39, 0.29) is 16.5 Å². The van der Waals surface area contributed by atoms with E-state index in [4.69, 9.17) is 0 Å². The molecule has 1 amide bonds. The van der Waals surface area contributed by atoms with Crippen LogP contribution in [-0.4, -0.2) is 20.4 Å². The molecule has 0 aliphatic carbocycles. The van der Waals surface area contributed by atoms with Crippen molar-refractivity contribution in [1.29, 1.82) is 0 Å². The third-order valence-electron chi connectivity index (χ3n) is 3.60. The van der Waals surface area contributed by atoms with Crippen LogP contribution in [0, 0.1) is 11.6 Å². The highest BCUT2D eigenvalue weighted by atomic mass is 32.2. The van der Waals surface area contributed by atoms with Gasteiger partial charge in [-0.3, -0.25) is 9.52 Å². The molecular weight excluding hydrogens is 350 g/mol. The highest BCUT2D eigenvalue weighted by Crippen LogP contribution is 2.22. The summed E-state index contributed by atoms with van der Waals surface area (Å²) in [4.78, 5) is 11.8. The van der Waals surface area contributed by atoms with Crippen molar-refractivity contribution in [1.82, 2.24) is 5.32 Å². The lowest BCUT2D eigenvalue weighted by Gasteiger charge is -2.13. The average Bonchev–Trinajstić information content (AvgIpc) is 2.58. The predicted molar refractivity (Wildman–Crippen MR) is 90.8 cm³/mol. The van der Waals surface area contributed by atoms with E-state index in [0.29, 0.717) is 0 Å². The molecule has 25 heavy (non-hydrogen) atoms. The summed E-state index contributed by atoms with van der Waals surface area (Å²) in [5.41, 5.74) is -0.630. The Bertz CT molecular complexity index is 865. The van der Waals surface area contributed by atoms with Gasteiger partial charge in [0.05, 0.1) is 4.90 Å². The number of sulfonamides is 1. The lowest BCUT2D eigenvalue weighted by atomic mass is 10.2. The minimum Gasteiger partial charge on any atom is -0.350 e. The first-order valence-electron chi connectivity index (χ1n) is 7.62. The minimum atomic E-state index is -4.26. The summed E-state index contributed by atoms with van der Waals surface area (Å²) >= 11 is 0. The maximum Gasteiger partial charge on any atom is 0.262 e. The topological polar surface area (TPSA) is 75.3 Å². The highest BCUT2D eigenvalue weighted by molar-refractivity contribution is 7.92. The van der Waals surface area contributed by atoms with Gasteiger partial charge in [-0.05, 0) is 43.7 Å². The van der Waals surface area contributed by atoms with Crippen LogP contribution in [0.3, 0.4) is 0 Å². The second-order valence-electron chi connectivity index (χ2n) is 5.51. The Morgan fingerprint density at radius 1 is 1.12 bits per heavy atom. The van der Waals surface area contributed by atoms with Gasteiger partial charge in [-0.1, -0.05) is 19.1 Å². The smallest absolute Gasteiger partial charge is 0.262 e. The molecule has 2 rings (SSSR count). The number of halogens is 2. The van der Waals surface area contributed by atoms with Gasteiger partial charge in [0, 0.05) is 11.6 Å². The average molecular weight is 368 g/mol. The number of hydrogen-bond acceptors (Lipinski definition) is 3. The number of carbonyl (C=O) groups is 1. The molecule has 134 valence electrons. The second kappa shape index (κ2) is 7.60. The fourth-order valence-electron chi connectivity index (χ4n) is 2.00. The van der Waals surface area contributed by atoms with Crippen molar-refractivity contribution in [3.63, 3.8) is 0 Å². The summed E-state index contributed by atoms with van der Waals surface area (Å²) in [6.45, 7) is 3.72. The standard InChI is InChI=1S/C17H18F2N2O3S/c1-3-11(2)20-17(22)12-6-4-7-13(10-12)25(23,24)21-16-14(18)8-5-9-15(16)19/h4-11,21H,3H2,1-2H3,(H,20,22). The summed E-state index contributed by atoms with van der Waals surface area (Å²) in [5, 5.41) is 2.72. The van der Waals surface area contributed by atoms with Crippen molar-refractivity contribution in [2.75, 3.05) is 4.72 Å². The molecule has 1 atom stereocenters. The van der Waals surface area contributed by atoms with E-state index in [0.717, 1.165) is 30.7 Å². The summed E-state index contributed by atoms with van der Waals surface area (Å²) in [6, 6.07) is 8.17. The maximum atomic E-state index is 13.7. The number of rotatable bonds is 6. The summed E-state index contributed by atoms with van der Waals surface area (Å²) in [5.74, 6) is -2.49. The van der Waals surface area contributed by atoms with Crippen LogP contribution >= 0.6 is 0 Å². The Balaban J connectivity index is 2.31. The molecule has 0 fully saturated rings. The third kappa shape index (κ3) is 4.54.